The highest BCUT2D eigenvalue weighted by Gasteiger charge is 2.49. The van der Waals surface area contributed by atoms with E-state index in [1.165, 1.54) is 0 Å². The van der Waals surface area contributed by atoms with Crippen molar-refractivity contribution in [2.75, 3.05) is 6.61 Å². The van der Waals surface area contributed by atoms with Crippen molar-refractivity contribution in [1.82, 2.24) is 5.32 Å². The zero-order chi connectivity index (χ0) is 12.4. The Bertz CT molecular complexity index is 471. The third-order valence-electron chi connectivity index (χ3n) is 3.38. The van der Waals surface area contributed by atoms with Crippen LogP contribution in [0.5, 0.6) is 0 Å². The smallest absolute Gasteiger partial charge is 0.408 e. The highest BCUT2D eigenvalue weighted by atomic mass is 16.6. The summed E-state index contributed by atoms with van der Waals surface area (Å²) in [6.45, 7) is 0.980. The first-order valence-electron chi connectivity index (χ1n) is 6.07. The van der Waals surface area contributed by atoms with Gasteiger partial charge < -0.3 is 14.8 Å². The van der Waals surface area contributed by atoms with Gasteiger partial charge in [-0.1, -0.05) is 42.5 Å². The van der Waals surface area contributed by atoms with Gasteiger partial charge in [-0.3, -0.25) is 0 Å². The summed E-state index contributed by atoms with van der Waals surface area (Å²) in [6, 6.07) is 9.97. The number of hydrogen-bond acceptors (Lipinski definition) is 3. The largest absolute Gasteiger partial charge is 0.443 e. The number of hydrogen-bond donors (Lipinski definition) is 1. The van der Waals surface area contributed by atoms with Crippen LogP contribution in [0.15, 0.2) is 42.5 Å². The van der Waals surface area contributed by atoms with Gasteiger partial charge in [-0.25, -0.2) is 4.79 Å². The van der Waals surface area contributed by atoms with E-state index in [-0.39, 0.29) is 12.2 Å². The van der Waals surface area contributed by atoms with Crippen molar-refractivity contribution >= 4 is 6.09 Å². The molecule has 1 heterocycles. The number of ether oxygens (including phenoxy) is 2. The molecule has 1 aliphatic carbocycles. The molecule has 4 nitrogen and oxygen atoms in total. The van der Waals surface area contributed by atoms with E-state index < -0.39 is 5.54 Å². The SMILES string of the molecule is O=C1N[C@@]2(COCc3ccccc3)C=CC[C@H]2O1. The molecule has 0 radical (unpaired) electrons. The van der Waals surface area contributed by atoms with E-state index in [4.69, 9.17) is 9.47 Å². The summed E-state index contributed by atoms with van der Waals surface area (Å²) in [5, 5.41) is 2.84. The molecule has 0 saturated carbocycles. The predicted octanol–water partition coefficient (Wildman–Crippen LogP) is 2.01. The van der Waals surface area contributed by atoms with Gasteiger partial charge in [0.05, 0.1) is 13.2 Å². The highest BCUT2D eigenvalue weighted by Crippen LogP contribution is 2.31. The van der Waals surface area contributed by atoms with Crippen molar-refractivity contribution in [3.05, 3.63) is 48.0 Å². The fourth-order valence-corrected chi connectivity index (χ4v) is 2.43. The molecule has 0 unspecified atom stereocenters. The van der Waals surface area contributed by atoms with Crippen LogP contribution in [-0.2, 0) is 16.1 Å². The van der Waals surface area contributed by atoms with E-state index >= 15 is 0 Å². The van der Waals surface area contributed by atoms with Crippen LogP contribution in [-0.4, -0.2) is 24.3 Å². The molecule has 1 N–H and O–H groups in total. The molecule has 1 fully saturated rings. The minimum Gasteiger partial charge on any atom is -0.443 e. The van der Waals surface area contributed by atoms with E-state index in [9.17, 15) is 4.79 Å². The first kappa shape index (κ1) is 11.3. The van der Waals surface area contributed by atoms with Gasteiger partial charge in [-0.05, 0) is 5.56 Å². The number of amides is 1. The summed E-state index contributed by atoms with van der Waals surface area (Å²) >= 11 is 0. The first-order valence-corrected chi connectivity index (χ1v) is 6.07. The Morgan fingerprint density at radius 3 is 3.06 bits per heavy atom. The van der Waals surface area contributed by atoms with Gasteiger partial charge in [-0.15, -0.1) is 0 Å². The minimum atomic E-state index is -0.466. The van der Waals surface area contributed by atoms with E-state index in [0.717, 1.165) is 12.0 Å². The van der Waals surface area contributed by atoms with Crippen molar-refractivity contribution in [1.29, 1.82) is 0 Å². The monoisotopic (exact) mass is 245 g/mol. The van der Waals surface area contributed by atoms with Gasteiger partial charge in [0.1, 0.15) is 11.6 Å². The second-order valence-electron chi connectivity index (χ2n) is 4.68. The third-order valence-corrected chi connectivity index (χ3v) is 3.38. The lowest BCUT2D eigenvalue weighted by Crippen LogP contribution is -2.48. The van der Waals surface area contributed by atoms with Crippen molar-refractivity contribution in [2.45, 2.75) is 24.7 Å². The molecule has 0 spiro atoms. The summed E-state index contributed by atoms with van der Waals surface area (Å²) in [5.41, 5.74) is 0.656. The molecule has 0 aromatic heterocycles. The quantitative estimate of drug-likeness (QED) is 0.825. The first-order chi connectivity index (χ1) is 8.78. The predicted molar refractivity (Wildman–Crippen MR) is 66.0 cm³/mol. The molecule has 1 aromatic carbocycles. The number of alkyl carbamates (subject to hydrolysis) is 1. The molecule has 4 heteroatoms. The van der Waals surface area contributed by atoms with Crippen LogP contribution in [0.3, 0.4) is 0 Å². The maximum Gasteiger partial charge on any atom is 0.408 e. The zero-order valence-electron chi connectivity index (χ0n) is 9.96. The lowest BCUT2D eigenvalue weighted by Gasteiger charge is -2.24. The molecular weight excluding hydrogens is 230 g/mol. The number of carbonyl (C=O) groups excluding carboxylic acids is 1. The van der Waals surface area contributed by atoms with Gasteiger partial charge in [-0.2, -0.15) is 0 Å². The minimum absolute atomic E-state index is 0.124. The average molecular weight is 245 g/mol. The molecule has 94 valence electrons. The molecule has 1 saturated heterocycles. The van der Waals surface area contributed by atoms with Crippen molar-refractivity contribution in [3.63, 3.8) is 0 Å². The van der Waals surface area contributed by atoms with Gasteiger partial charge in [0, 0.05) is 6.42 Å². The number of carbonyl (C=O) groups is 1. The summed E-state index contributed by atoms with van der Waals surface area (Å²) in [7, 11) is 0. The lowest BCUT2D eigenvalue weighted by molar-refractivity contribution is 0.0513. The van der Waals surface area contributed by atoms with Gasteiger partial charge in [0.25, 0.3) is 0 Å². The molecule has 1 aliphatic heterocycles. The van der Waals surface area contributed by atoms with Crippen molar-refractivity contribution in [3.8, 4) is 0 Å². The maximum absolute atomic E-state index is 11.3. The van der Waals surface area contributed by atoms with Crippen LogP contribution >= 0.6 is 0 Å². The van der Waals surface area contributed by atoms with Crippen molar-refractivity contribution < 1.29 is 14.3 Å². The fraction of sp³-hybridized carbons (Fsp3) is 0.357. The highest BCUT2D eigenvalue weighted by molar-refractivity contribution is 5.72. The number of nitrogens with one attached hydrogen (secondary N) is 1. The summed E-state index contributed by atoms with van der Waals surface area (Å²) in [4.78, 5) is 11.3. The Balaban J connectivity index is 1.60. The normalized spacial score (nSPS) is 28.9. The fourth-order valence-electron chi connectivity index (χ4n) is 2.43. The standard InChI is InChI=1S/C14H15NO3/c16-13-15-14(8-4-7-12(14)18-13)10-17-9-11-5-2-1-3-6-11/h1-6,8,12H,7,9-10H2,(H,15,16)/t12-,14-/m1/s1. The second kappa shape index (κ2) is 4.46. The van der Waals surface area contributed by atoms with Gasteiger partial charge in [0.15, 0.2) is 0 Å². The third kappa shape index (κ3) is 1.99. The second-order valence-corrected chi connectivity index (χ2v) is 4.68. The van der Waals surface area contributed by atoms with Crippen LogP contribution in [0.1, 0.15) is 12.0 Å². The van der Waals surface area contributed by atoms with Crippen LogP contribution in [0.25, 0.3) is 0 Å². The summed E-state index contributed by atoms with van der Waals surface area (Å²) in [5.74, 6) is 0. The van der Waals surface area contributed by atoms with E-state index in [2.05, 4.69) is 5.32 Å². The Morgan fingerprint density at radius 1 is 1.39 bits per heavy atom. The zero-order valence-corrected chi connectivity index (χ0v) is 9.96. The Kier molecular flexibility index (Phi) is 2.80. The van der Waals surface area contributed by atoms with E-state index in [1.807, 2.05) is 42.5 Å². The Labute approximate surface area is 106 Å². The van der Waals surface area contributed by atoms with Crippen LogP contribution in [0, 0.1) is 0 Å². The van der Waals surface area contributed by atoms with Crippen molar-refractivity contribution in [2.24, 2.45) is 0 Å². The summed E-state index contributed by atoms with van der Waals surface area (Å²) < 4.78 is 10.9. The van der Waals surface area contributed by atoms with Crippen LogP contribution in [0.4, 0.5) is 4.79 Å². The molecule has 3 rings (SSSR count). The van der Waals surface area contributed by atoms with E-state index in [0.29, 0.717) is 13.2 Å². The number of rotatable bonds is 4. The van der Waals surface area contributed by atoms with Gasteiger partial charge in [0.2, 0.25) is 0 Å². The van der Waals surface area contributed by atoms with Gasteiger partial charge >= 0.3 is 6.09 Å². The molecule has 0 bridgehead atoms. The number of benzene rings is 1. The maximum atomic E-state index is 11.3. The molecule has 2 aliphatic rings. The number of fused-ring (bicyclic) bond motifs is 1. The molecular formula is C14H15NO3. The van der Waals surface area contributed by atoms with Crippen LogP contribution < -0.4 is 5.32 Å². The van der Waals surface area contributed by atoms with Crippen LogP contribution in [0.2, 0.25) is 0 Å². The van der Waals surface area contributed by atoms with E-state index in [1.54, 1.807) is 0 Å². The molecule has 18 heavy (non-hydrogen) atoms. The Hall–Kier alpha value is -1.81. The molecule has 1 amide bonds. The Morgan fingerprint density at radius 2 is 2.22 bits per heavy atom. The molecule has 2 atom stereocenters. The summed E-state index contributed by atoms with van der Waals surface area (Å²) in [6.07, 6.45) is 4.28. The topological polar surface area (TPSA) is 47.6 Å². The lowest BCUT2D eigenvalue weighted by atomic mass is 9.98. The molecule has 1 aromatic rings. The average Bonchev–Trinajstić information content (AvgIpc) is 2.86.